The van der Waals surface area contributed by atoms with Crippen LogP contribution in [0.25, 0.3) is 0 Å². The van der Waals surface area contributed by atoms with Crippen molar-refractivity contribution in [2.45, 2.75) is 6.92 Å². The molecule has 0 aromatic heterocycles. The Labute approximate surface area is 106 Å². The first-order chi connectivity index (χ1) is 8.70. The molecule has 1 aliphatic rings. The van der Waals surface area contributed by atoms with Gasteiger partial charge in [0, 0.05) is 13.1 Å². The van der Waals surface area contributed by atoms with Gasteiger partial charge in [0.15, 0.2) is 6.29 Å². The number of carbonyl (C=O) groups excluding carboxylic acids is 2. The Balaban J connectivity index is 1.90. The van der Waals surface area contributed by atoms with Gasteiger partial charge >= 0.3 is 6.03 Å². The number of hydrogen-bond acceptors (Lipinski definition) is 3. The number of nitrogens with zero attached hydrogens (tertiary/aromatic N) is 1. The van der Waals surface area contributed by atoms with Crippen LogP contribution in [-0.2, 0) is 0 Å². The summed E-state index contributed by atoms with van der Waals surface area (Å²) < 4.78 is 5.54. The van der Waals surface area contributed by atoms with Crippen LogP contribution >= 0.6 is 0 Å². The monoisotopic (exact) mass is 248 g/mol. The molecule has 0 atom stereocenters. The summed E-state index contributed by atoms with van der Waals surface area (Å²) in [7, 11) is 0. The SMILES string of the molecule is Cc1ccc(OCCN2CCNC2=O)c(C=O)c1. The van der Waals surface area contributed by atoms with Gasteiger partial charge in [-0.3, -0.25) is 4.79 Å². The number of carbonyl (C=O) groups is 2. The van der Waals surface area contributed by atoms with Crippen molar-refractivity contribution in [3.05, 3.63) is 29.3 Å². The van der Waals surface area contributed by atoms with Gasteiger partial charge in [-0.25, -0.2) is 4.79 Å². The lowest BCUT2D eigenvalue weighted by atomic mass is 10.1. The number of ether oxygens (including phenoxy) is 1. The number of rotatable bonds is 5. The van der Waals surface area contributed by atoms with Crippen LogP contribution in [0.5, 0.6) is 5.75 Å². The first kappa shape index (κ1) is 12.4. The predicted molar refractivity (Wildman–Crippen MR) is 67.0 cm³/mol. The van der Waals surface area contributed by atoms with Crippen molar-refractivity contribution in [1.29, 1.82) is 0 Å². The van der Waals surface area contributed by atoms with Crippen LogP contribution in [0.4, 0.5) is 4.79 Å². The average molecular weight is 248 g/mol. The second-order valence-electron chi connectivity index (χ2n) is 4.23. The Bertz CT molecular complexity index is 460. The lowest BCUT2D eigenvalue weighted by molar-refractivity contribution is 0.111. The van der Waals surface area contributed by atoms with Gasteiger partial charge in [0.05, 0.1) is 12.1 Å². The zero-order valence-electron chi connectivity index (χ0n) is 10.3. The summed E-state index contributed by atoms with van der Waals surface area (Å²) in [5, 5.41) is 2.72. The van der Waals surface area contributed by atoms with E-state index in [1.54, 1.807) is 17.0 Å². The van der Waals surface area contributed by atoms with Crippen LogP contribution in [0, 0.1) is 6.92 Å². The molecule has 96 valence electrons. The third kappa shape index (κ3) is 2.80. The Morgan fingerprint density at radius 3 is 3.00 bits per heavy atom. The van der Waals surface area contributed by atoms with E-state index in [9.17, 15) is 9.59 Å². The second kappa shape index (κ2) is 5.53. The minimum absolute atomic E-state index is 0.0573. The van der Waals surface area contributed by atoms with E-state index in [1.165, 1.54) is 0 Å². The molecule has 0 saturated carbocycles. The Kier molecular flexibility index (Phi) is 3.82. The van der Waals surface area contributed by atoms with Gasteiger partial charge in [0.2, 0.25) is 0 Å². The quantitative estimate of drug-likeness (QED) is 0.797. The molecule has 0 radical (unpaired) electrons. The Morgan fingerprint density at radius 1 is 1.50 bits per heavy atom. The van der Waals surface area contributed by atoms with E-state index < -0.39 is 0 Å². The van der Waals surface area contributed by atoms with Crippen LogP contribution < -0.4 is 10.1 Å². The van der Waals surface area contributed by atoms with Crippen LogP contribution in [0.1, 0.15) is 15.9 Å². The van der Waals surface area contributed by atoms with Crippen LogP contribution in [0.15, 0.2) is 18.2 Å². The number of aldehydes is 1. The summed E-state index contributed by atoms with van der Waals surface area (Å²) in [5.74, 6) is 0.565. The zero-order chi connectivity index (χ0) is 13.0. The summed E-state index contributed by atoms with van der Waals surface area (Å²) in [4.78, 5) is 23.9. The molecule has 1 aromatic carbocycles. The fourth-order valence-corrected chi connectivity index (χ4v) is 1.88. The van der Waals surface area contributed by atoms with Gasteiger partial charge in [0.1, 0.15) is 12.4 Å². The number of aryl methyl sites for hydroxylation is 1. The number of urea groups is 1. The fraction of sp³-hybridized carbons (Fsp3) is 0.385. The van der Waals surface area contributed by atoms with Gasteiger partial charge in [-0.15, -0.1) is 0 Å². The standard InChI is InChI=1S/C13H16N2O3/c1-10-2-3-12(11(8-10)9-16)18-7-6-15-5-4-14-13(15)17/h2-3,8-9H,4-7H2,1H3,(H,14,17). The molecule has 0 aliphatic carbocycles. The van der Waals surface area contributed by atoms with Crippen LogP contribution in [0.2, 0.25) is 0 Å². The molecule has 0 spiro atoms. The largest absolute Gasteiger partial charge is 0.491 e. The van der Waals surface area contributed by atoms with Gasteiger partial charge in [-0.2, -0.15) is 0 Å². The number of hydrogen-bond donors (Lipinski definition) is 1. The molecule has 1 saturated heterocycles. The van der Waals surface area contributed by atoms with Crippen molar-refractivity contribution in [1.82, 2.24) is 10.2 Å². The van der Waals surface area contributed by atoms with E-state index in [0.29, 0.717) is 37.6 Å². The van der Waals surface area contributed by atoms with E-state index in [4.69, 9.17) is 4.74 Å². The highest BCUT2D eigenvalue weighted by molar-refractivity contribution is 5.79. The number of nitrogens with one attached hydrogen (secondary N) is 1. The molecule has 5 heteroatoms. The molecule has 18 heavy (non-hydrogen) atoms. The van der Waals surface area contributed by atoms with Crippen LogP contribution in [0.3, 0.4) is 0 Å². The van der Waals surface area contributed by atoms with Crippen LogP contribution in [-0.4, -0.2) is 43.5 Å². The third-order valence-corrected chi connectivity index (χ3v) is 2.86. The molecule has 1 aromatic rings. The molecule has 0 unspecified atom stereocenters. The molecule has 1 aliphatic heterocycles. The maximum Gasteiger partial charge on any atom is 0.317 e. The molecule has 2 amide bonds. The van der Waals surface area contributed by atoms with Crippen molar-refractivity contribution in [3.63, 3.8) is 0 Å². The smallest absolute Gasteiger partial charge is 0.317 e. The number of amides is 2. The molecular weight excluding hydrogens is 232 g/mol. The fourth-order valence-electron chi connectivity index (χ4n) is 1.88. The summed E-state index contributed by atoms with van der Waals surface area (Å²) in [5.41, 5.74) is 1.56. The third-order valence-electron chi connectivity index (χ3n) is 2.86. The Hall–Kier alpha value is -2.04. The Morgan fingerprint density at radius 2 is 2.33 bits per heavy atom. The van der Waals surface area contributed by atoms with Crippen molar-refractivity contribution < 1.29 is 14.3 Å². The van der Waals surface area contributed by atoms with E-state index in [0.717, 1.165) is 11.8 Å². The molecule has 1 N–H and O–H groups in total. The zero-order valence-corrected chi connectivity index (χ0v) is 10.3. The van der Waals surface area contributed by atoms with Crippen molar-refractivity contribution in [2.24, 2.45) is 0 Å². The highest BCUT2D eigenvalue weighted by Crippen LogP contribution is 2.18. The average Bonchev–Trinajstić information content (AvgIpc) is 2.77. The van der Waals surface area contributed by atoms with Gasteiger partial charge < -0.3 is 15.0 Å². The highest BCUT2D eigenvalue weighted by atomic mass is 16.5. The minimum Gasteiger partial charge on any atom is -0.491 e. The molecule has 0 bridgehead atoms. The molecule has 2 rings (SSSR count). The maximum absolute atomic E-state index is 11.3. The van der Waals surface area contributed by atoms with E-state index in [1.807, 2.05) is 13.0 Å². The first-order valence-electron chi connectivity index (χ1n) is 5.92. The van der Waals surface area contributed by atoms with E-state index in [2.05, 4.69) is 5.32 Å². The topological polar surface area (TPSA) is 58.6 Å². The maximum atomic E-state index is 11.3. The summed E-state index contributed by atoms with van der Waals surface area (Å²) in [6.07, 6.45) is 0.783. The van der Waals surface area contributed by atoms with Gasteiger partial charge in [-0.05, 0) is 19.1 Å². The molecule has 1 fully saturated rings. The lowest BCUT2D eigenvalue weighted by Crippen LogP contribution is -2.31. The minimum atomic E-state index is -0.0573. The molecular formula is C13H16N2O3. The first-order valence-corrected chi connectivity index (χ1v) is 5.92. The van der Waals surface area contributed by atoms with Crippen molar-refractivity contribution in [3.8, 4) is 5.75 Å². The molecule has 1 heterocycles. The van der Waals surface area contributed by atoms with Gasteiger partial charge in [0.25, 0.3) is 0 Å². The predicted octanol–water partition coefficient (Wildman–Crippen LogP) is 1.21. The normalized spacial score (nSPS) is 14.5. The summed E-state index contributed by atoms with van der Waals surface area (Å²) >= 11 is 0. The van der Waals surface area contributed by atoms with Crippen molar-refractivity contribution >= 4 is 12.3 Å². The lowest BCUT2D eigenvalue weighted by Gasteiger charge is -2.15. The number of benzene rings is 1. The van der Waals surface area contributed by atoms with Gasteiger partial charge in [-0.1, -0.05) is 11.6 Å². The van der Waals surface area contributed by atoms with E-state index >= 15 is 0 Å². The van der Waals surface area contributed by atoms with Crippen molar-refractivity contribution in [2.75, 3.05) is 26.2 Å². The summed E-state index contributed by atoms with van der Waals surface area (Å²) in [6.45, 7) is 4.22. The molecule has 5 nitrogen and oxygen atoms in total. The highest BCUT2D eigenvalue weighted by Gasteiger charge is 2.18. The summed E-state index contributed by atoms with van der Waals surface area (Å²) in [6, 6.07) is 5.40. The van der Waals surface area contributed by atoms with E-state index in [-0.39, 0.29) is 6.03 Å². The second-order valence-corrected chi connectivity index (χ2v) is 4.23.